The van der Waals surface area contributed by atoms with Gasteiger partial charge in [0.15, 0.2) is 0 Å². The second-order valence-corrected chi connectivity index (χ2v) is 3.48. The molecule has 82 valence electrons. The highest BCUT2D eigenvalue weighted by atomic mass is 16.6. The normalized spacial score (nSPS) is 10.3. The minimum Gasteiger partial charge on any atom is -0.309 e. The van der Waals surface area contributed by atoms with Crippen LogP contribution in [0, 0.1) is 17.0 Å². The second kappa shape index (κ2) is 4.72. The first-order chi connectivity index (χ1) is 7.06. The first-order valence-corrected chi connectivity index (χ1v) is 4.91. The Bertz CT molecular complexity index is 423. The predicted molar refractivity (Wildman–Crippen MR) is 57.0 cm³/mol. The van der Waals surface area contributed by atoms with Gasteiger partial charge >= 0.3 is 0 Å². The number of hydrogen-bond acceptors (Lipinski definition) is 3. The zero-order chi connectivity index (χ0) is 11.4. The molecule has 0 amide bonds. The molecular formula is C10H14N2O3. The van der Waals surface area contributed by atoms with Gasteiger partial charge in [0.05, 0.1) is 11.1 Å². The minimum atomic E-state index is -0.461. The Morgan fingerprint density at radius 2 is 2.20 bits per heavy atom. The third kappa shape index (κ3) is 2.65. The summed E-state index contributed by atoms with van der Waals surface area (Å²) >= 11 is 0. The van der Waals surface area contributed by atoms with Crippen LogP contribution >= 0.6 is 0 Å². The van der Waals surface area contributed by atoms with Crippen molar-refractivity contribution in [3.05, 3.63) is 38.3 Å². The van der Waals surface area contributed by atoms with Crippen LogP contribution in [0.5, 0.6) is 0 Å². The third-order valence-electron chi connectivity index (χ3n) is 2.25. The average molecular weight is 210 g/mol. The number of hydrogen-bond donors (Lipinski definition) is 0. The van der Waals surface area contributed by atoms with E-state index in [1.54, 1.807) is 6.92 Å². The number of aromatic nitrogens is 1. The Labute approximate surface area is 87.5 Å². The van der Waals surface area contributed by atoms with E-state index < -0.39 is 4.92 Å². The molecule has 0 aromatic carbocycles. The maximum absolute atomic E-state index is 11.5. The van der Waals surface area contributed by atoms with E-state index in [1.165, 1.54) is 16.8 Å². The van der Waals surface area contributed by atoms with Crippen molar-refractivity contribution in [3.8, 4) is 0 Å². The van der Waals surface area contributed by atoms with Crippen molar-refractivity contribution < 1.29 is 4.92 Å². The number of rotatable bonds is 4. The fourth-order valence-corrected chi connectivity index (χ4v) is 1.35. The molecule has 0 aliphatic carbocycles. The van der Waals surface area contributed by atoms with Crippen LogP contribution in [0.4, 0.5) is 5.69 Å². The Kier molecular flexibility index (Phi) is 3.60. The highest BCUT2D eigenvalue weighted by molar-refractivity contribution is 5.35. The molecular weight excluding hydrogens is 196 g/mol. The highest BCUT2D eigenvalue weighted by Gasteiger charge is 2.12. The van der Waals surface area contributed by atoms with Crippen molar-refractivity contribution in [2.45, 2.75) is 33.2 Å². The van der Waals surface area contributed by atoms with Crippen LogP contribution in [0.3, 0.4) is 0 Å². The smallest absolute Gasteiger partial charge is 0.288 e. The summed E-state index contributed by atoms with van der Waals surface area (Å²) in [7, 11) is 0. The monoisotopic (exact) mass is 210 g/mol. The lowest BCUT2D eigenvalue weighted by Crippen LogP contribution is -2.20. The Hall–Kier alpha value is -1.65. The molecule has 0 aliphatic rings. The van der Waals surface area contributed by atoms with E-state index in [-0.39, 0.29) is 11.2 Å². The van der Waals surface area contributed by atoms with Gasteiger partial charge < -0.3 is 4.57 Å². The number of nitro groups is 1. The van der Waals surface area contributed by atoms with Gasteiger partial charge in [-0.15, -0.1) is 0 Å². The Morgan fingerprint density at radius 3 is 2.73 bits per heavy atom. The maximum Gasteiger partial charge on any atom is 0.288 e. The van der Waals surface area contributed by atoms with E-state index in [0.29, 0.717) is 12.1 Å². The van der Waals surface area contributed by atoms with Crippen LogP contribution in [0.2, 0.25) is 0 Å². The molecule has 0 fully saturated rings. The van der Waals surface area contributed by atoms with Gasteiger partial charge in [-0.05, 0) is 13.3 Å². The Morgan fingerprint density at radius 1 is 1.53 bits per heavy atom. The summed E-state index contributed by atoms with van der Waals surface area (Å²) in [4.78, 5) is 21.6. The molecule has 0 unspecified atom stereocenters. The van der Waals surface area contributed by atoms with Gasteiger partial charge in [-0.2, -0.15) is 0 Å². The quantitative estimate of drug-likeness (QED) is 0.562. The van der Waals surface area contributed by atoms with E-state index in [9.17, 15) is 14.9 Å². The molecule has 0 spiro atoms. The molecule has 0 aliphatic heterocycles. The lowest BCUT2D eigenvalue weighted by molar-refractivity contribution is -0.385. The molecule has 0 saturated heterocycles. The van der Waals surface area contributed by atoms with E-state index in [4.69, 9.17) is 0 Å². The number of aryl methyl sites for hydroxylation is 2. The molecule has 0 saturated carbocycles. The molecule has 1 rings (SSSR count). The average Bonchev–Trinajstić information content (AvgIpc) is 2.16. The molecule has 1 aromatic heterocycles. The van der Waals surface area contributed by atoms with Crippen molar-refractivity contribution in [1.29, 1.82) is 0 Å². The first kappa shape index (κ1) is 11.4. The van der Waals surface area contributed by atoms with Crippen LogP contribution in [-0.4, -0.2) is 9.49 Å². The van der Waals surface area contributed by atoms with Crippen LogP contribution in [0.1, 0.15) is 25.3 Å². The SMILES string of the molecule is CCCCn1cc([N+](=O)[O-])c(C)cc1=O. The summed E-state index contributed by atoms with van der Waals surface area (Å²) < 4.78 is 1.40. The van der Waals surface area contributed by atoms with Gasteiger partial charge in [-0.25, -0.2) is 0 Å². The lowest BCUT2D eigenvalue weighted by Gasteiger charge is -2.05. The van der Waals surface area contributed by atoms with Gasteiger partial charge in [0, 0.05) is 18.2 Å². The van der Waals surface area contributed by atoms with Crippen molar-refractivity contribution in [1.82, 2.24) is 4.57 Å². The fourth-order valence-electron chi connectivity index (χ4n) is 1.35. The van der Waals surface area contributed by atoms with Crippen molar-refractivity contribution in [2.24, 2.45) is 0 Å². The number of nitrogens with zero attached hydrogens (tertiary/aromatic N) is 2. The summed E-state index contributed by atoms with van der Waals surface area (Å²) in [5.41, 5.74) is 0.245. The van der Waals surface area contributed by atoms with Gasteiger partial charge in [0.1, 0.15) is 0 Å². The van der Waals surface area contributed by atoms with Crippen LogP contribution in [0.25, 0.3) is 0 Å². The molecule has 15 heavy (non-hydrogen) atoms. The van der Waals surface area contributed by atoms with Crippen molar-refractivity contribution >= 4 is 5.69 Å². The molecule has 0 radical (unpaired) electrons. The van der Waals surface area contributed by atoms with Crippen LogP contribution in [0.15, 0.2) is 17.1 Å². The topological polar surface area (TPSA) is 65.1 Å². The number of pyridine rings is 1. The summed E-state index contributed by atoms with van der Waals surface area (Å²) in [6.45, 7) is 4.12. The summed E-state index contributed by atoms with van der Waals surface area (Å²) in [6, 6.07) is 1.31. The lowest BCUT2D eigenvalue weighted by atomic mass is 10.2. The summed E-state index contributed by atoms with van der Waals surface area (Å²) in [6.07, 6.45) is 3.13. The van der Waals surface area contributed by atoms with Gasteiger partial charge in [0.2, 0.25) is 0 Å². The maximum atomic E-state index is 11.5. The predicted octanol–water partition coefficient (Wildman–Crippen LogP) is 1.87. The molecule has 0 atom stereocenters. The second-order valence-electron chi connectivity index (χ2n) is 3.48. The van der Waals surface area contributed by atoms with Crippen molar-refractivity contribution in [3.63, 3.8) is 0 Å². The summed E-state index contributed by atoms with van der Waals surface area (Å²) in [5, 5.41) is 10.6. The zero-order valence-corrected chi connectivity index (χ0v) is 8.90. The summed E-state index contributed by atoms with van der Waals surface area (Å²) in [5.74, 6) is 0. The zero-order valence-electron chi connectivity index (χ0n) is 8.90. The van der Waals surface area contributed by atoms with Crippen molar-refractivity contribution in [2.75, 3.05) is 0 Å². The van der Waals surface area contributed by atoms with E-state index in [1.807, 2.05) is 6.92 Å². The Balaban J connectivity index is 3.12. The van der Waals surface area contributed by atoms with Gasteiger partial charge in [0.25, 0.3) is 11.2 Å². The minimum absolute atomic E-state index is 0.00528. The largest absolute Gasteiger partial charge is 0.309 e. The fraction of sp³-hybridized carbons (Fsp3) is 0.500. The molecule has 0 bridgehead atoms. The highest BCUT2D eigenvalue weighted by Crippen LogP contribution is 2.14. The molecule has 5 nitrogen and oxygen atoms in total. The molecule has 5 heteroatoms. The first-order valence-electron chi connectivity index (χ1n) is 4.91. The van der Waals surface area contributed by atoms with Crippen LogP contribution < -0.4 is 5.56 Å². The third-order valence-corrected chi connectivity index (χ3v) is 2.25. The standard InChI is InChI=1S/C10H14N2O3/c1-3-4-5-11-7-9(12(14)15)8(2)6-10(11)13/h6-7H,3-5H2,1-2H3. The number of unbranched alkanes of at least 4 members (excludes halogenated alkanes) is 1. The van der Waals surface area contributed by atoms with Crippen LogP contribution in [-0.2, 0) is 6.54 Å². The molecule has 1 aromatic rings. The van der Waals surface area contributed by atoms with Gasteiger partial charge in [-0.1, -0.05) is 13.3 Å². The van der Waals surface area contributed by atoms with E-state index in [0.717, 1.165) is 12.8 Å². The molecule has 1 heterocycles. The molecule has 0 N–H and O–H groups in total. The van der Waals surface area contributed by atoms with E-state index >= 15 is 0 Å². The van der Waals surface area contributed by atoms with E-state index in [2.05, 4.69) is 0 Å². The van der Waals surface area contributed by atoms with Gasteiger partial charge in [-0.3, -0.25) is 14.9 Å².